The first-order valence-corrected chi connectivity index (χ1v) is 6.29. The number of rotatable bonds is 7. The number of hydrogen-bond donors (Lipinski definition) is 3. The lowest BCUT2D eigenvalue weighted by molar-refractivity contribution is 0.258. The lowest BCUT2D eigenvalue weighted by Gasteiger charge is -2.19. The molecule has 4 heteroatoms. The molecule has 18 heavy (non-hydrogen) atoms. The summed E-state index contributed by atoms with van der Waals surface area (Å²) in [6, 6.07) is 5.26. The Morgan fingerprint density at radius 1 is 1.33 bits per heavy atom. The highest BCUT2D eigenvalue weighted by molar-refractivity contribution is 5.41. The van der Waals surface area contributed by atoms with E-state index in [1.807, 2.05) is 13.0 Å². The van der Waals surface area contributed by atoms with Gasteiger partial charge in [-0.2, -0.15) is 0 Å². The Bertz CT molecular complexity index is 368. The number of ether oxygens (including phenoxy) is 1. The Morgan fingerprint density at radius 3 is 2.67 bits per heavy atom. The van der Waals surface area contributed by atoms with E-state index in [0.29, 0.717) is 5.92 Å². The van der Waals surface area contributed by atoms with Crippen molar-refractivity contribution in [3.05, 3.63) is 23.8 Å². The van der Waals surface area contributed by atoms with Gasteiger partial charge in [0.15, 0.2) is 0 Å². The van der Waals surface area contributed by atoms with Crippen LogP contribution in [-0.2, 0) is 0 Å². The van der Waals surface area contributed by atoms with Crippen molar-refractivity contribution in [2.75, 3.05) is 20.3 Å². The average Bonchev–Trinajstić information content (AvgIpc) is 2.37. The molecule has 1 aromatic carbocycles. The molecule has 0 aliphatic carbocycles. The van der Waals surface area contributed by atoms with E-state index >= 15 is 0 Å². The molecule has 0 bridgehead atoms. The highest BCUT2D eigenvalue weighted by Gasteiger charge is 2.12. The zero-order valence-electron chi connectivity index (χ0n) is 11.3. The smallest absolute Gasteiger partial charge is 0.120 e. The number of methoxy groups -OCH3 is 1. The Balaban J connectivity index is 2.62. The fourth-order valence-corrected chi connectivity index (χ4v) is 1.82. The van der Waals surface area contributed by atoms with Crippen molar-refractivity contribution in [2.45, 2.75) is 26.3 Å². The first-order chi connectivity index (χ1) is 8.58. The molecule has 0 heterocycles. The molecule has 2 unspecified atom stereocenters. The normalized spacial score (nSPS) is 14.2. The first kappa shape index (κ1) is 14.8. The maximum atomic E-state index is 9.83. The van der Waals surface area contributed by atoms with E-state index in [2.05, 4.69) is 12.2 Å². The summed E-state index contributed by atoms with van der Waals surface area (Å²) in [4.78, 5) is 0. The zero-order chi connectivity index (χ0) is 13.5. The third kappa shape index (κ3) is 4.20. The van der Waals surface area contributed by atoms with Gasteiger partial charge in [0.05, 0.1) is 7.11 Å². The van der Waals surface area contributed by atoms with Gasteiger partial charge in [-0.25, -0.2) is 0 Å². The molecule has 1 aromatic rings. The van der Waals surface area contributed by atoms with Gasteiger partial charge in [-0.3, -0.25) is 0 Å². The lowest BCUT2D eigenvalue weighted by atomic mass is 10.0. The molecule has 1 rings (SSSR count). The fraction of sp³-hybridized carbons (Fsp3) is 0.571. The number of nitrogens with one attached hydrogen (secondary N) is 1. The van der Waals surface area contributed by atoms with Gasteiger partial charge in [-0.15, -0.1) is 0 Å². The summed E-state index contributed by atoms with van der Waals surface area (Å²) < 4.78 is 5.15. The molecule has 0 aliphatic rings. The molecule has 3 N–H and O–H groups in total. The quantitative estimate of drug-likeness (QED) is 0.696. The van der Waals surface area contributed by atoms with E-state index in [4.69, 9.17) is 9.84 Å². The molecule has 0 spiro atoms. The molecule has 0 saturated carbocycles. The molecule has 102 valence electrons. The summed E-state index contributed by atoms with van der Waals surface area (Å²) in [5, 5.41) is 22.0. The fourth-order valence-electron chi connectivity index (χ4n) is 1.82. The second-order valence-electron chi connectivity index (χ2n) is 4.67. The van der Waals surface area contributed by atoms with E-state index < -0.39 is 0 Å². The van der Waals surface area contributed by atoms with Crippen LogP contribution in [0.4, 0.5) is 0 Å². The van der Waals surface area contributed by atoms with Crippen LogP contribution < -0.4 is 10.1 Å². The summed E-state index contributed by atoms with van der Waals surface area (Å²) in [5.74, 6) is 1.41. The maximum Gasteiger partial charge on any atom is 0.120 e. The highest BCUT2D eigenvalue weighted by Crippen LogP contribution is 2.28. The van der Waals surface area contributed by atoms with Gasteiger partial charge in [0.25, 0.3) is 0 Å². The monoisotopic (exact) mass is 253 g/mol. The predicted octanol–water partition coefficient (Wildman–Crippen LogP) is 2.07. The number of phenolic OH excluding ortho intramolecular Hbond substituents is 1. The van der Waals surface area contributed by atoms with Crippen LogP contribution in [0.3, 0.4) is 0 Å². The van der Waals surface area contributed by atoms with Gasteiger partial charge in [-0.05, 0) is 44.0 Å². The van der Waals surface area contributed by atoms with Gasteiger partial charge in [0.2, 0.25) is 0 Å². The molecular formula is C14H23NO3. The molecular weight excluding hydrogens is 230 g/mol. The topological polar surface area (TPSA) is 61.7 Å². The zero-order valence-corrected chi connectivity index (χ0v) is 11.3. The molecule has 4 nitrogen and oxygen atoms in total. The van der Waals surface area contributed by atoms with Crippen LogP contribution in [0.25, 0.3) is 0 Å². The van der Waals surface area contributed by atoms with E-state index in [1.54, 1.807) is 19.2 Å². The molecule has 0 saturated heterocycles. The Labute approximate surface area is 109 Å². The SMILES string of the molecule is COc1ccc(O)c(C(C)NCC(C)CCO)c1. The minimum Gasteiger partial charge on any atom is -0.508 e. The standard InChI is InChI=1S/C14H23NO3/c1-10(6-7-16)9-15-11(2)13-8-12(18-3)4-5-14(13)17/h4-5,8,10-11,15-17H,6-7,9H2,1-3H3. The van der Waals surface area contributed by atoms with Crippen molar-refractivity contribution < 1.29 is 14.9 Å². The van der Waals surface area contributed by atoms with Gasteiger partial charge < -0.3 is 20.3 Å². The van der Waals surface area contributed by atoms with Gasteiger partial charge in [0, 0.05) is 18.2 Å². The van der Waals surface area contributed by atoms with E-state index in [-0.39, 0.29) is 18.4 Å². The van der Waals surface area contributed by atoms with Crippen molar-refractivity contribution in [2.24, 2.45) is 5.92 Å². The van der Waals surface area contributed by atoms with Crippen LogP contribution >= 0.6 is 0 Å². The van der Waals surface area contributed by atoms with Gasteiger partial charge in [-0.1, -0.05) is 6.92 Å². The Kier molecular flexibility index (Phi) is 5.95. The molecule has 0 fully saturated rings. The molecule has 2 atom stereocenters. The van der Waals surface area contributed by atoms with Crippen molar-refractivity contribution in [3.8, 4) is 11.5 Å². The minimum atomic E-state index is 0.0428. The minimum absolute atomic E-state index is 0.0428. The summed E-state index contributed by atoms with van der Waals surface area (Å²) in [6.07, 6.45) is 0.782. The van der Waals surface area contributed by atoms with Gasteiger partial charge in [0.1, 0.15) is 11.5 Å². The Morgan fingerprint density at radius 2 is 2.06 bits per heavy atom. The van der Waals surface area contributed by atoms with Crippen LogP contribution in [0.15, 0.2) is 18.2 Å². The van der Waals surface area contributed by atoms with Crippen LogP contribution in [0.2, 0.25) is 0 Å². The summed E-state index contributed by atoms with van der Waals surface area (Å²) >= 11 is 0. The van der Waals surface area contributed by atoms with E-state index in [1.165, 1.54) is 0 Å². The average molecular weight is 253 g/mol. The number of aliphatic hydroxyl groups excluding tert-OH is 1. The summed E-state index contributed by atoms with van der Waals surface area (Å²) in [5.41, 5.74) is 0.825. The van der Waals surface area contributed by atoms with Crippen molar-refractivity contribution >= 4 is 0 Å². The molecule has 0 radical (unpaired) electrons. The predicted molar refractivity (Wildman–Crippen MR) is 71.9 cm³/mol. The van der Waals surface area contributed by atoms with Crippen molar-refractivity contribution in [3.63, 3.8) is 0 Å². The van der Waals surface area contributed by atoms with Crippen LogP contribution in [0.5, 0.6) is 11.5 Å². The van der Waals surface area contributed by atoms with Gasteiger partial charge >= 0.3 is 0 Å². The highest BCUT2D eigenvalue weighted by atomic mass is 16.5. The van der Waals surface area contributed by atoms with Crippen LogP contribution in [-0.4, -0.2) is 30.5 Å². The summed E-state index contributed by atoms with van der Waals surface area (Å²) in [6.45, 7) is 5.10. The second-order valence-corrected chi connectivity index (χ2v) is 4.67. The largest absolute Gasteiger partial charge is 0.508 e. The van der Waals surface area contributed by atoms with Crippen molar-refractivity contribution in [1.29, 1.82) is 0 Å². The first-order valence-electron chi connectivity index (χ1n) is 6.29. The molecule has 0 aromatic heterocycles. The third-order valence-corrected chi connectivity index (χ3v) is 3.10. The third-order valence-electron chi connectivity index (χ3n) is 3.10. The summed E-state index contributed by atoms with van der Waals surface area (Å²) in [7, 11) is 1.61. The number of benzene rings is 1. The second kappa shape index (κ2) is 7.24. The van der Waals surface area contributed by atoms with E-state index in [9.17, 15) is 5.11 Å². The molecule has 0 aliphatic heterocycles. The van der Waals surface area contributed by atoms with Crippen molar-refractivity contribution in [1.82, 2.24) is 5.32 Å². The Hall–Kier alpha value is -1.26. The number of aliphatic hydroxyl groups is 1. The number of hydrogen-bond acceptors (Lipinski definition) is 4. The number of aromatic hydroxyl groups is 1. The molecule has 0 amide bonds. The number of phenols is 1. The van der Waals surface area contributed by atoms with E-state index in [0.717, 1.165) is 24.3 Å². The van der Waals surface area contributed by atoms with Crippen LogP contribution in [0, 0.1) is 5.92 Å². The maximum absolute atomic E-state index is 9.83. The lowest BCUT2D eigenvalue weighted by Crippen LogP contribution is -2.25. The van der Waals surface area contributed by atoms with Crippen LogP contribution in [0.1, 0.15) is 31.9 Å².